The van der Waals surface area contributed by atoms with Crippen LogP contribution in [0.15, 0.2) is 45.6 Å². The number of halogens is 2. The molecule has 3 rings (SSSR count). The summed E-state index contributed by atoms with van der Waals surface area (Å²) in [5, 5.41) is 1.45. The standard InChI is InChI=1S/C20H19ClFNO3/c1-12-6-19-15(9-16(12)21)14(8-20(24)26-19)11-23(2)10-13-4-5-18(25-3)17(22)7-13/h4-9H,10-11H2,1-3H3/p+1. The molecule has 136 valence electrons. The number of benzene rings is 2. The van der Waals surface area contributed by atoms with E-state index in [2.05, 4.69) is 0 Å². The number of methoxy groups -OCH3 is 1. The molecule has 0 radical (unpaired) electrons. The molecular formula is C20H20ClFNO3+. The average molecular weight is 377 g/mol. The van der Waals surface area contributed by atoms with Gasteiger partial charge in [0, 0.05) is 27.6 Å². The SMILES string of the molecule is COc1ccc(C[NH+](C)Cc2cc(=O)oc3cc(C)c(Cl)cc23)cc1F. The molecule has 3 aromatic rings. The second kappa shape index (κ2) is 7.48. The fraction of sp³-hybridized carbons (Fsp3) is 0.250. The molecule has 1 heterocycles. The van der Waals surface area contributed by atoms with Gasteiger partial charge in [-0.2, -0.15) is 0 Å². The molecule has 26 heavy (non-hydrogen) atoms. The Morgan fingerprint density at radius 1 is 1.19 bits per heavy atom. The normalized spacial score (nSPS) is 12.3. The molecule has 0 aliphatic carbocycles. The molecule has 2 aromatic carbocycles. The summed E-state index contributed by atoms with van der Waals surface area (Å²) in [7, 11) is 3.42. The van der Waals surface area contributed by atoms with Crippen LogP contribution in [0.4, 0.5) is 4.39 Å². The van der Waals surface area contributed by atoms with Crippen molar-refractivity contribution >= 4 is 22.6 Å². The molecule has 0 aliphatic rings. The molecular weight excluding hydrogens is 357 g/mol. The summed E-state index contributed by atoms with van der Waals surface area (Å²) in [6.45, 7) is 3.04. The zero-order valence-electron chi connectivity index (χ0n) is 14.9. The van der Waals surface area contributed by atoms with E-state index in [-0.39, 0.29) is 11.6 Å². The molecule has 0 bridgehead atoms. The van der Waals surface area contributed by atoms with Gasteiger partial charge in [0.05, 0.1) is 14.2 Å². The van der Waals surface area contributed by atoms with E-state index in [1.807, 2.05) is 26.1 Å². The third kappa shape index (κ3) is 3.89. The molecule has 1 N–H and O–H groups in total. The number of quaternary nitrogens is 1. The number of ether oxygens (including phenoxy) is 1. The molecule has 4 nitrogen and oxygen atoms in total. The highest BCUT2D eigenvalue weighted by Crippen LogP contribution is 2.25. The van der Waals surface area contributed by atoms with Gasteiger partial charge in [-0.25, -0.2) is 9.18 Å². The van der Waals surface area contributed by atoms with Crippen molar-refractivity contribution < 1.29 is 18.4 Å². The minimum absolute atomic E-state index is 0.225. The van der Waals surface area contributed by atoms with Crippen LogP contribution in [0.2, 0.25) is 5.02 Å². The summed E-state index contributed by atoms with van der Waals surface area (Å²) in [6, 6.07) is 10.0. The smallest absolute Gasteiger partial charge is 0.336 e. The summed E-state index contributed by atoms with van der Waals surface area (Å²) < 4.78 is 24.1. The molecule has 0 aliphatic heterocycles. The second-order valence-corrected chi connectivity index (χ2v) is 6.87. The highest BCUT2D eigenvalue weighted by molar-refractivity contribution is 6.32. The minimum Gasteiger partial charge on any atom is -0.494 e. The molecule has 1 aromatic heterocycles. The monoisotopic (exact) mass is 376 g/mol. The Morgan fingerprint density at radius 2 is 1.96 bits per heavy atom. The maximum atomic E-state index is 13.9. The summed E-state index contributed by atoms with van der Waals surface area (Å²) in [5.41, 5.74) is 2.69. The van der Waals surface area contributed by atoms with Crippen molar-refractivity contribution in [1.29, 1.82) is 0 Å². The lowest BCUT2D eigenvalue weighted by Gasteiger charge is -2.16. The van der Waals surface area contributed by atoms with Crippen molar-refractivity contribution in [2.75, 3.05) is 14.2 Å². The maximum absolute atomic E-state index is 13.9. The number of hydrogen-bond donors (Lipinski definition) is 1. The number of fused-ring (bicyclic) bond motifs is 1. The highest BCUT2D eigenvalue weighted by Gasteiger charge is 2.14. The van der Waals surface area contributed by atoms with Gasteiger partial charge in [0.1, 0.15) is 18.7 Å². The van der Waals surface area contributed by atoms with Gasteiger partial charge in [0.2, 0.25) is 0 Å². The first-order chi connectivity index (χ1) is 12.4. The average Bonchev–Trinajstić information content (AvgIpc) is 2.56. The third-order valence-corrected chi connectivity index (χ3v) is 4.73. The molecule has 1 atom stereocenters. The lowest BCUT2D eigenvalue weighted by molar-refractivity contribution is -0.907. The highest BCUT2D eigenvalue weighted by atomic mass is 35.5. The predicted octanol–water partition coefficient (Wildman–Crippen LogP) is 3.12. The fourth-order valence-electron chi connectivity index (χ4n) is 3.05. The van der Waals surface area contributed by atoms with Crippen molar-refractivity contribution in [3.63, 3.8) is 0 Å². The molecule has 1 unspecified atom stereocenters. The van der Waals surface area contributed by atoms with Gasteiger partial charge >= 0.3 is 5.63 Å². The number of hydrogen-bond acceptors (Lipinski definition) is 3. The zero-order valence-corrected chi connectivity index (χ0v) is 15.6. The van der Waals surface area contributed by atoms with E-state index in [1.54, 1.807) is 12.1 Å². The quantitative estimate of drug-likeness (QED) is 0.696. The molecule has 0 saturated heterocycles. The van der Waals surface area contributed by atoms with Crippen LogP contribution in [-0.4, -0.2) is 14.2 Å². The van der Waals surface area contributed by atoms with Gasteiger partial charge in [0.25, 0.3) is 0 Å². The first kappa shape index (κ1) is 18.4. The topological polar surface area (TPSA) is 43.9 Å². The van der Waals surface area contributed by atoms with E-state index in [1.165, 1.54) is 19.2 Å². The van der Waals surface area contributed by atoms with Crippen LogP contribution in [0.25, 0.3) is 11.0 Å². The van der Waals surface area contributed by atoms with Crippen LogP contribution in [0.5, 0.6) is 5.75 Å². The Labute approximate surface area is 155 Å². The lowest BCUT2D eigenvalue weighted by atomic mass is 10.1. The van der Waals surface area contributed by atoms with Crippen LogP contribution in [0.1, 0.15) is 16.7 Å². The van der Waals surface area contributed by atoms with E-state index in [9.17, 15) is 9.18 Å². The third-order valence-electron chi connectivity index (χ3n) is 4.32. The molecule has 0 amide bonds. The van der Waals surface area contributed by atoms with Gasteiger partial charge in [-0.05, 0) is 42.8 Å². The Balaban J connectivity index is 1.87. The molecule has 0 spiro atoms. The first-order valence-corrected chi connectivity index (χ1v) is 8.61. The summed E-state index contributed by atoms with van der Waals surface area (Å²) in [4.78, 5) is 13.0. The lowest BCUT2D eigenvalue weighted by Crippen LogP contribution is -3.06. The summed E-state index contributed by atoms with van der Waals surface area (Å²) >= 11 is 6.23. The Bertz CT molecular complexity index is 1020. The fourth-order valence-corrected chi connectivity index (χ4v) is 3.21. The first-order valence-electron chi connectivity index (χ1n) is 8.24. The Hall–Kier alpha value is -2.37. The van der Waals surface area contributed by atoms with E-state index < -0.39 is 5.63 Å². The van der Waals surface area contributed by atoms with E-state index in [0.29, 0.717) is 23.7 Å². The Kier molecular flexibility index (Phi) is 5.30. The largest absolute Gasteiger partial charge is 0.494 e. The maximum Gasteiger partial charge on any atom is 0.336 e. The van der Waals surface area contributed by atoms with Gasteiger partial charge in [-0.1, -0.05) is 11.6 Å². The van der Waals surface area contributed by atoms with Crippen molar-refractivity contribution in [1.82, 2.24) is 0 Å². The second-order valence-electron chi connectivity index (χ2n) is 6.47. The van der Waals surface area contributed by atoms with Crippen LogP contribution in [0.3, 0.4) is 0 Å². The minimum atomic E-state index is -0.391. The molecule has 0 fully saturated rings. The molecule has 0 saturated carbocycles. The van der Waals surface area contributed by atoms with E-state index in [4.69, 9.17) is 20.8 Å². The number of nitrogens with one attached hydrogen (secondary N) is 1. The number of rotatable bonds is 5. The van der Waals surface area contributed by atoms with Gasteiger partial charge in [0.15, 0.2) is 11.6 Å². The zero-order chi connectivity index (χ0) is 18.8. The number of aryl methyl sites for hydroxylation is 1. The van der Waals surface area contributed by atoms with Gasteiger partial charge in [-0.15, -0.1) is 0 Å². The van der Waals surface area contributed by atoms with Crippen LogP contribution >= 0.6 is 11.6 Å². The van der Waals surface area contributed by atoms with E-state index >= 15 is 0 Å². The molecule has 6 heteroatoms. The van der Waals surface area contributed by atoms with Crippen LogP contribution in [0, 0.1) is 12.7 Å². The van der Waals surface area contributed by atoms with Gasteiger partial charge < -0.3 is 14.1 Å². The van der Waals surface area contributed by atoms with Gasteiger partial charge in [-0.3, -0.25) is 0 Å². The van der Waals surface area contributed by atoms with Crippen molar-refractivity contribution in [2.45, 2.75) is 20.0 Å². The van der Waals surface area contributed by atoms with Crippen molar-refractivity contribution in [3.05, 3.63) is 74.3 Å². The van der Waals surface area contributed by atoms with Crippen molar-refractivity contribution in [2.24, 2.45) is 0 Å². The predicted molar refractivity (Wildman–Crippen MR) is 99.5 cm³/mol. The summed E-state index contributed by atoms with van der Waals surface area (Å²) in [5.74, 6) is -0.158. The van der Waals surface area contributed by atoms with Crippen LogP contribution < -0.4 is 15.3 Å². The van der Waals surface area contributed by atoms with E-state index in [0.717, 1.165) is 27.0 Å². The van der Waals surface area contributed by atoms with Crippen LogP contribution in [-0.2, 0) is 13.1 Å². The summed E-state index contributed by atoms with van der Waals surface area (Å²) in [6.07, 6.45) is 0. The Morgan fingerprint density at radius 3 is 2.65 bits per heavy atom. The van der Waals surface area contributed by atoms with Crippen molar-refractivity contribution in [3.8, 4) is 5.75 Å².